The van der Waals surface area contributed by atoms with Crippen molar-refractivity contribution in [1.29, 1.82) is 0 Å². The van der Waals surface area contributed by atoms with E-state index in [2.05, 4.69) is 41.9 Å². The third kappa shape index (κ3) is 22.3. The normalized spacial score (nSPS) is 14.4. The van der Waals surface area contributed by atoms with Crippen LogP contribution in [0.3, 0.4) is 0 Å². The highest BCUT2D eigenvalue weighted by atomic mass is 35.5. The third-order valence-electron chi connectivity index (χ3n) is 9.96. The Morgan fingerprint density at radius 1 is 0.392 bits per heavy atom. The lowest BCUT2D eigenvalue weighted by Gasteiger charge is -2.39. The summed E-state index contributed by atoms with van der Waals surface area (Å²) in [5.74, 6) is -120. The zero-order valence-corrected chi connectivity index (χ0v) is 53.8. The van der Waals surface area contributed by atoms with E-state index in [-0.39, 0.29) is 32.3 Å². The fraction of sp³-hybridized carbons (Fsp3) is 0.833. The largest absolute Gasteiger partial charge is 0.500 e. The van der Waals surface area contributed by atoms with Crippen LogP contribution in [0.15, 0.2) is 25.3 Å². The molecule has 10 nitrogen and oxygen atoms in total. The highest BCUT2D eigenvalue weighted by Crippen LogP contribution is 2.64. The molecule has 0 fully saturated rings. The van der Waals surface area contributed by atoms with Gasteiger partial charge < -0.3 is 30.8 Å². The highest BCUT2D eigenvalue weighted by Gasteiger charge is 2.95. The second-order valence-electron chi connectivity index (χ2n) is 16.7. The van der Waals surface area contributed by atoms with E-state index in [1.165, 1.54) is 0 Å². The maximum atomic E-state index is 13.8. The van der Waals surface area contributed by atoms with Crippen molar-refractivity contribution < 1.29 is 216 Å². The van der Waals surface area contributed by atoms with Gasteiger partial charge in [0.2, 0.25) is 0 Å². The predicted octanol–water partition coefficient (Wildman–Crippen LogP) is 17.9. The Hall–Kier alpha value is -2.91. The third-order valence-corrected chi connectivity index (χ3v) is 17.3. The van der Waals surface area contributed by atoms with Gasteiger partial charge >= 0.3 is 132 Å². The molecule has 0 unspecified atom stereocenters. The molecule has 0 amide bonds. The van der Waals surface area contributed by atoms with Gasteiger partial charge in [-0.25, -0.2) is 4.79 Å². The molecular weight excluding hydrogens is 1590 g/mol. The lowest BCUT2D eigenvalue weighted by atomic mass is 9.94. The van der Waals surface area contributed by atoms with Gasteiger partial charge in [0.25, 0.3) is 10.2 Å². The first kappa shape index (κ1) is 103. The van der Waals surface area contributed by atoms with Crippen molar-refractivity contribution in [3.05, 3.63) is 25.3 Å². The Morgan fingerprint density at radius 3 is 0.835 bits per heavy atom. The highest BCUT2D eigenvalue weighted by molar-refractivity contribution is 8.14. The van der Waals surface area contributed by atoms with Crippen LogP contribution in [0, 0.1) is 0 Å². The van der Waals surface area contributed by atoms with E-state index in [1.54, 1.807) is 26.8 Å². The van der Waals surface area contributed by atoms with Crippen molar-refractivity contribution in [3.63, 3.8) is 0 Å². The van der Waals surface area contributed by atoms with Gasteiger partial charge in [0.1, 0.15) is 11.9 Å². The molecule has 0 spiro atoms. The van der Waals surface area contributed by atoms with Crippen LogP contribution >= 0.6 is 48.0 Å². The lowest BCUT2D eigenvalue weighted by molar-refractivity contribution is -0.436. The number of hydrogen-bond donors (Lipinski definition) is 1. The van der Waals surface area contributed by atoms with Gasteiger partial charge in [-0.1, -0.05) is 35.7 Å². The molecule has 582 valence electrons. The Bertz CT molecular complexity index is 2390. The van der Waals surface area contributed by atoms with Crippen molar-refractivity contribution in [2.75, 3.05) is 56.9 Å². The number of rotatable bonds is 34. The monoisotopic (exact) mass is 1640 g/mol. The number of thiol groups is 1. The van der Waals surface area contributed by atoms with E-state index in [1.807, 2.05) is 20.8 Å². The smallest absolute Gasteiger partial charge is 0.376 e. The first-order valence-corrected chi connectivity index (χ1v) is 30.7. The molecule has 0 saturated heterocycles. The SMILES string of the molecule is C=CCS.C=CCSC(=O)C(F)(F)C(F)(F)C(F)(F)C(F)(F)C(F)(F)C(F)(F)F.CCO[SiH](OCC)OCC.CCO[Si](CCCSC(=O)C(F)(F)C(F)(F)C(F)(F)C(F)(F)C(F)(F)C(F)(F)F)(OCC)OCC.O=C(OCl)C(F)(F)C(F)(F)C(F)(F)C(F)(F)C(F)(F)C(F)(F)F. The summed E-state index contributed by atoms with van der Waals surface area (Å²) in [5, 5.41) is -6.33. The van der Waals surface area contributed by atoms with Crippen LogP contribution in [0.1, 0.15) is 48.0 Å². The van der Waals surface area contributed by atoms with Gasteiger partial charge in [0, 0.05) is 62.9 Å². The fourth-order valence-corrected chi connectivity index (χ4v) is 10.5. The van der Waals surface area contributed by atoms with E-state index in [0.29, 0.717) is 25.9 Å². The summed E-state index contributed by atoms with van der Waals surface area (Å²) < 4.78 is 530. The maximum Gasteiger partial charge on any atom is 0.500 e. The minimum atomic E-state index is -8.07. The Balaban J connectivity index is -0.000000403. The van der Waals surface area contributed by atoms with Gasteiger partial charge in [0.05, 0.1) is 0 Å². The molecule has 0 aromatic carbocycles. The van der Waals surface area contributed by atoms with Crippen molar-refractivity contribution in [1.82, 2.24) is 0 Å². The van der Waals surface area contributed by atoms with E-state index in [9.17, 15) is 186 Å². The van der Waals surface area contributed by atoms with Crippen LogP contribution in [0.2, 0.25) is 6.04 Å². The second kappa shape index (κ2) is 37.5. The summed E-state index contributed by atoms with van der Waals surface area (Å²) in [6, 6.07) is -0.184. The van der Waals surface area contributed by atoms with Crippen LogP contribution < -0.4 is 0 Å². The molecule has 0 radical (unpaired) electrons. The van der Waals surface area contributed by atoms with Gasteiger partial charge in [0.15, 0.2) is 0 Å². The van der Waals surface area contributed by atoms with Gasteiger partial charge in [-0.2, -0.15) is 184 Å². The Labute approximate surface area is 541 Å². The average Bonchev–Trinajstić information content (AvgIpc) is 0.725. The minimum absolute atomic E-state index is 0.0639. The summed E-state index contributed by atoms with van der Waals surface area (Å²) in [4.78, 5) is 32.4. The second-order valence-corrected chi connectivity index (χ2v) is 23.6. The molecule has 0 heterocycles. The molecule has 0 N–H and O–H groups in total. The summed E-state index contributed by atoms with van der Waals surface area (Å²) in [7, 11) is -5.15. The standard InChI is InChI=1S/C16H21F13O4SSi.C10H5F13OS.C7ClF13O2.C6H16O3Si.C3H6S/c1-4-31-35(32-5-2,33-6-3)9-7-8-34-10(30)11(17,18)12(19,20)13(21,22)14(23,24)15(25,26)16(27,28)29;1-2-3-25-4(24)5(11,12)6(13,14)7(15,16)8(17,18)9(19,20)10(21,22)23;8-23-1(22)2(9,10)3(11,12)4(13,14)5(15,16)6(17,18)7(19,20)21;1-4-7-10(8-5-2)9-6-3;1-2-3-4/h4-9H2,1-3H3;2H,1,3H2;;10H,4-6H2,1-3H3;2,4H,1,3H2. The number of carbonyl (C=O) groups excluding carboxylic acids is 3. The zero-order valence-electron chi connectivity index (χ0n) is 48.4. The molecule has 0 saturated carbocycles. The maximum absolute atomic E-state index is 13.8. The molecule has 0 aliphatic heterocycles. The van der Waals surface area contributed by atoms with E-state index in [0.717, 1.165) is 5.75 Å². The molecule has 0 rings (SSSR count). The summed E-state index contributed by atoms with van der Waals surface area (Å²) in [6.45, 7) is 18.9. The van der Waals surface area contributed by atoms with E-state index in [4.69, 9.17) is 26.6 Å². The molecular formula is C42H48ClF39O10S3Si2. The molecule has 0 aromatic rings. The predicted molar refractivity (Wildman–Crippen MR) is 266 cm³/mol. The van der Waals surface area contributed by atoms with Crippen LogP contribution in [0.5, 0.6) is 0 Å². The molecule has 97 heavy (non-hydrogen) atoms. The number of thioether (sulfide) groups is 2. The quantitative estimate of drug-likeness (QED) is 0.0217. The van der Waals surface area contributed by atoms with Crippen molar-refractivity contribution in [3.8, 4) is 0 Å². The van der Waals surface area contributed by atoms with Crippen molar-refractivity contribution in [2.24, 2.45) is 0 Å². The summed E-state index contributed by atoms with van der Waals surface area (Å²) >= 11 is 6.07. The van der Waals surface area contributed by atoms with Gasteiger partial charge in [-0.15, -0.1) is 13.2 Å². The molecule has 0 aliphatic rings. The number of hydrogen-bond acceptors (Lipinski definition) is 13. The van der Waals surface area contributed by atoms with Crippen LogP contribution in [-0.4, -0.2) is 199 Å². The molecule has 0 bridgehead atoms. The summed E-state index contributed by atoms with van der Waals surface area (Å²) in [5.41, 5.74) is 0. The Kier molecular flexibility index (Phi) is 39.7. The van der Waals surface area contributed by atoms with E-state index < -0.39 is 177 Å². The van der Waals surface area contributed by atoms with Gasteiger partial charge in [-0.3, -0.25) is 9.59 Å². The topological polar surface area (TPSA) is 116 Å². The van der Waals surface area contributed by atoms with Crippen LogP contribution in [-0.2, 0) is 45.2 Å². The lowest BCUT2D eigenvalue weighted by Crippen LogP contribution is -2.71. The fourth-order valence-electron chi connectivity index (χ4n) is 5.06. The number of alkyl halides is 39. The molecule has 55 heteroatoms. The molecule has 0 aromatic heterocycles. The van der Waals surface area contributed by atoms with Gasteiger partial charge in [-0.05, 0) is 48.0 Å². The first-order valence-electron chi connectivity index (χ1n) is 24.4. The van der Waals surface area contributed by atoms with Crippen molar-refractivity contribution >= 4 is 82.6 Å². The van der Waals surface area contributed by atoms with E-state index >= 15 is 0 Å². The number of halogens is 40. The zero-order chi connectivity index (χ0) is 79.4. The van der Waals surface area contributed by atoms with Crippen molar-refractivity contribution in [2.45, 2.75) is 161 Å². The first-order chi connectivity index (χ1) is 42.8. The Morgan fingerprint density at radius 2 is 0.629 bits per heavy atom. The number of carbonyl (C=O) groups is 3. The molecule has 0 aliphatic carbocycles. The minimum Gasteiger partial charge on any atom is -0.376 e. The van der Waals surface area contributed by atoms with Crippen LogP contribution in [0.4, 0.5) is 171 Å². The van der Waals surface area contributed by atoms with Crippen LogP contribution in [0.25, 0.3) is 0 Å². The molecule has 0 atom stereocenters. The average molecular weight is 1640 g/mol. The summed E-state index contributed by atoms with van der Waals surface area (Å²) in [6.07, 6.45) is -20.5.